The van der Waals surface area contributed by atoms with Crippen LogP contribution in [-0.2, 0) is 19.1 Å². The number of ether oxygens (including phenoxy) is 1. The predicted octanol–water partition coefficient (Wildman–Crippen LogP) is 4.48. The van der Waals surface area contributed by atoms with E-state index in [4.69, 9.17) is 10.5 Å². The van der Waals surface area contributed by atoms with Crippen LogP contribution in [0.1, 0.15) is 76.1 Å². The minimum absolute atomic E-state index is 0.122. The van der Waals surface area contributed by atoms with E-state index in [1.165, 1.54) is 4.90 Å². The summed E-state index contributed by atoms with van der Waals surface area (Å²) in [4.78, 5) is 53.9. The topological polar surface area (TPSA) is 151 Å². The molecule has 10 heteroatoms. The lowest BCUT2D eigenvalue weighted by Crippen LogP contribution is -2.53. The van der Waals surface area contributed by atoms with E-state index < -0.39 is 47.9 Å². The van der Waals surface area contributed by atoms with E-state index >= 15 is 0 Å². The first-order chi connectivity index (χ1) is 18.7. The van der Waals surface area contributed by atoms with Gasteiger partial charge in [0.2, 0.25) is 11.8 Å². The molecular formula is C30H42N4O6. The van der Waals surface area contributed by atoms with Crippen molar-refractivity contribution in [2.75, 3.05) is 11.9 Å². The van der Waals surface area contributed by atoms with Crippen molar-refractivity contribution in [1.29, 1.82) is 0 Å². The van der Waals surface area contributed by atoms with E-state index in [9.17, 15) is 24.3 Å². The fraction of sp³-hybridized carbons (Fsp3) is 0.467. The summed E-state index contributed by atoms with van der Waals surface area (Å²) in [5.41, 5.74) is 6.68. The SMILES string of the molecule is CCCCCN(C(=O)C(CC(N)=O)NC(=O)OC(C)(C)C)C(C(=O)Nc1ccccc1C)c1cccc(C)c1O. The number of unbranched alkanes of at least 4 members (excludes halogenated alkanes) is 2. The molecule has 2 unspecified atom stereocenters. The number of hydrogen-bond donors (Lipinski definition) is 4. The molecule has 0 saturated carbocycles. The van der Waals surface area contributed by atoms with Crippen LogP contribution >= 0.6 is 0 Å². The number of anilines is 1. The number of hydrogen-bond acceptors (Lipinski definition) is 6. The van der Waals surface area contributed by atoms with Gasteiger partial charge in [0, 0.05) is 17.8 Å². The highest BCUT2D eigenvalue weighted by Gasteiger charge is 2.38. The molecule has 10 nitrogen and oxygen atoms in total. The Morgan fingerprint density at radius 1 is 1.00 bits per heavy atom. The third-order valence-electron chi connectivity index (χ3n) is 6.21. The number of primary amides is 1. The maximum absolute atomic E-state index is 14.1. The summed E-state index contributed by atoms with van der Waals surface area (Å²) in [5, 5.41) is 16.4. The van der Waals surface area contributed by atoms with Crippen molar-refractivity contribution in [3.05, 3.63) is 59.2 Å². The summed E-state index contributed by atoms with van der Waals surface area (Å²) in [7, 11) is 0. The van der Waals surface area contributed by atoms with E-state index in [1.807, 2.05) is 26.0 Å². The van der Waals surface area contributed by atoms with Gasteiger partial charge in [-0.05, 0) is 58.2 Å². The maximum atomic E-state index is 14.1. The molecule has 2 aromatic rings. The Balaban J connectivity index is 2.62. The number of alkyl carbamates (subject to hydrolysis) is 1. The number of carbonyl (C=O) groups is 4. The van der Waals surface area contributed by atoms with E-state index in [2.05, 4.69) is 10.6 Å². The molecule has 0 heterocycles. The second kappa shape index (κ2) is 14.3. The number of aromatic hydroxyl groups is 1. The van der Waals surface area contributed by atoms with Crippen molar-refractivity contribution in [1.82, 2.24) is 10.2 Å². The number of rotatable bonds is 12. The normalized spacial score (nSPS) is 12.7. The van der Waals surface area contributed by atoms with Gasteiger partial charge in [-0.15, -0.1) is 0 Å². The van der Waals surface area contributed by atoms with Crippen molar-refractivity contribution in [3.8, 4) is 5.75 Å². The number of aryl methyl sites for hydroxylation is 2. The molecule has 0 saturated heterocycles. The number of phenols is 1. The lowest BCUT2D eigenvalue weighted by molar-refractivity contribution is -0.142. The molecular weight excluding hydrogens is 512 g/mol. The number of nitrogens with two attached hydrogens (primary N) is 1. The third-order valence-corrected chi connectivity index (χ3v) is 6.21. The molecule has 0 aliphatic heterocycles. The number of nitrogens with one attached hydrogen (secondary N) is 2. The number of amides is 4. The van der Waals surface area contributed by atoms with Gasteiger partial charge < -0.3 is 31.1 Å². The minimum Gasteiger partial charge on any atom is -0.507 e. The van der Waals surface area contributed by atoms with Crippen LogP contribution in [0, 0.1) is 13.8 Å². The van der Waals surface area contributed by atoms with E-state index in [1.54, 1.807) is 58.0 Å². The fourth-order valence-electron chi connectivity index (χ4n) is 4.22. The third kappa shape index (κ3) is 9.29. The van der Waals surface area contributed by atoms with Crippen LogP contribution in [0.3, 0.4) is 0 Å². The minimum atomic E-state index is -1.39. The second-order valence-corrected chi connectivity index (χ2v) is 10.8. The molecule has 2 atom stereocenters. The molecule has 0 aromatic heterocycles. The molecule has 0 aliphatic carbocycles. The first kappa shape index (κ1) is 32.1. The Labute approximate surface area is 236 Å². The zero-order valence-corrected chi connectivity index (χ0v) is 24.2. The van der Waals surface area contributed by atoms with Crippen molar-refractivity contribution >= 4 is 29.5 Å². The summed E-state index contributed by atoms with van der Waals surface area (Å²) in [6.07, 6.45) is 0.737. The number of benzene rings is 2. The second-order valence-electron chi connectivity index (χ2n) is 10.8. The van der Waals surface area contributed by atoms with Gasteiger partial charge in [0.15, 0.2) is 0 Å². The summed E-state index contributed by atoms with van der Waals surface area (Å²) < 4.78 is 5.31. The molecule has 2 aromatic carbocycles. The van der Waals surface area contributed by atoms with Crippen LogP contribution < -0.4 is 16.4 Å². The van der Waals surface area contributed by atoms with Crippen molar-refractivity contribution in [2.45, 2.75) is 84.9 Å². The Kier molecular flexibility index (Phi) is 11.5. The first-order valence-electron chi connectivity index (χ1n) is 13.5. The molecule has 4 amide bonds. The summed E-state index contributed by atoms with van der Waals surface area (Å²) in [6.45, 7) is 10.7. The van der Waals surface area contributed by atoms with Gasteiger partial charge in [0.1, 0.15) is 23.4 Å². The molecule has 0 radical (unpaired) electrons. The highest BCUT2D eigenvalue weighted by molar-refractivity contribution is 6.00. The number of para-hydroxylation sites is 2. The predicted molar refractivity (Wildman–Crippen MR) is 154 cm³/mol. The number of nitrogens with zero attached hydrogens (tertiary/aromatic N) is 1. The van der Waals surface area contributed by atoms with Gasteiger partial charge >= 0.3 is 6.09 Å². The van der Waals surface area contributed by atoms with Crippen LogP contribution in [0.5, 0.6) is 5.75 Å². The van der Waals surface area contributed by atoms with Gasteiger partial charge in [-0.3, -0.25) is 14.4 Å². The Hall–Kier alpha value is -4.08. The standard InChI is InChI=1S/C30H42N4O6/c1-7-8-11-17-34(28(38)23(18-24(31)35)33-29(39)40-30(4,5)6)25(21-15-12-14-20(3)26(21)36)27(37)32-22-16-10-9-13-19(22)2/h9-10,12-16,23,25,36H,7-8,11,17-18H2,1-6H3,(H2,31,35)(H,32,37)(H,33,39). The van der Waals surface area contributed by atoms with E-state index in [0.29, 0.717) is 17.7 Å². The molecule has 0 aliphatic rings. The smallest absolute Gasteiger partial charge is 0.408 e. The zero-order valence-electron chi connectivity index (χ0n) is 24.2. The van der Waals surface area contributed by atoms with Gasteiger partial charge in [0.25, 0.3) is 5.91 Å². The van der Waals surface area contributed by atoms with Crippen LogP contribution in [0.4, 0.5) is 10.5 Å². The molecule has 2 rings (SSSR count). The largest absolute Gasteiger partial charge is 0.507 e. The van der Waals surface area contributed by atoms with Crippen LogP contribution in [-0.4, -0.2) is 52.0 Å². The average Bonchev–Trinajstić information content (AvgIpc) is 2.85. The summed E-state index contributed by atoms with van der Waals surface area (Å²) >= 11 is 0. The number of carbonyl (C=O) groups excluding carboxylic acids is 4. The average molecular weight is 555 g/mol. The Bertz CT molecular complexity index is 1210. The van der Waals surface area contributed by atoms with Crippen molar-refractivity contribution in [3.63, 3.8) is 0 Å². The van der Waals surface area contributed by atoms with Gasteiger partial charge in [0.05, 0.1) is 6.42 Å². The molecule has 40 heavy (non-hydrogen) atoms. The monoisotopic (exact) mass is 554 g/mol. The van der Waals surface area contributed by atoms with E-state index in [-0.39, 0.29) is 17.9 Å². The Morgan fingerprint density at radius 2 is 1.65 bits per heavy atom. The molecule has 218 valence electrons. The molecule has 0 spiro atoms. The first-order valence-corrected chi connectivity index (χ1v) is 13.5. The summed E-state index contributed by atoms with van der Waals surface area (Å²) in [5.74, 6) is -2.21. The molecule has 5 N–H and O–H groups in total. The zero-order chi connectivity index (χ0) is 30.0. The van der Waals surface area contributed by atoms with E-state index in [0.717, 1.165) is 18.4 Å². The lowest BCUT2D eigenvalue weighted by Gasteiger charge is -2.35. The number of phenolic OH excluding ortho intramolecular Hbond substituents is 1. The Morgan fingerprint density at radius 3 is 2.25 bits per heavy atom. The summed E-state index contributed by atoms with van der Waals surface area (Å²) in [6, 6.07) is 9.48. The highest BCUT2D eigenvalue weighted by Crippen LogP contribution is 2.33. The van der Waals surface area contributed by atoms with Gasteiger partial charge in [-0.2, -0.15) is 0 Å². The van der Waals surface area contributed by atoms with Crippen molar-refractivity contribution < 1.29 is 29.0 Å². The van der Waals surface area contributed by atoms with Crippen LogP contribution in [0.15, 0.2) is 42.5 Å². The highest BCUT2D eigenvalue weighted by atomic mass is 16.6. The molecule has 0 fully saturated rings. The van der Waals surface area contributed by atoms with Gasteiger partial charge in [-0.1, -0.05) is 56.2 Å². The van der Waals surface area contributed by atoms with Gasteiger partial charge in [-0.25, -0.2) is 4.79 Å². The van der Waals surface area contributed by atoms with Crippen LogP contribution in [0.25, 0.3) is 0 Å². The molecule has 0 bridgehead atoms. The van der Waals surface area contributed by atoms with Crippen molar-refractivity contribution in [2.24, 2.45) is 5.73 Å². The lowest BCUT2D eigenvalue weighted by atomic mass is 9.98. The maximum Gasteiger partial charge on any atom is 0.408 e. The van der Waals surface area contributed by atoms with Crippen LogP contribution in [0.2, 0.25) is 0 Å². The quantitative estimate of drug-likeness (QED) is 0.284. The fourth-order valence-corrected chi connectivity index (χ4v) is 4.22.